The average Bonchev–Trinajstić information content (AvgIpc) is 3.08. The second-order valence-electron chi connectivity index (χ2n) is 6.67. The van der Waals surface area contributed by atoms with Crippen molar-refractivity contribution in [1.82, 2.24) is 15.0 Å². The molecule has 0 radical (unpaired) electrons. The van der Waals surface area contributed by atoms with Crippen LogP contribution in [0, 0.1) is 0 Å². The Morgan fingerprint density at radius 1 is 1.26 bits per heavy atom. The van der Waals surface area contributed by atoms with E-state index in [-0.39, 0.29) is 5.91 Å². The summed E-state index contributed by atoms with van der Waals surface area (Å²) in [6, 6.07) is 15.3. The molecule has 2 aromatic carbocycles. The van der Waals surface area contributed by atoms with Crippen LogP contribution < -0.4 is 15.4 Å². The molecule has 1 amide bonds. The number of rotatable bonds is 5. The van der Waals surface area contributed by atoms with Crippen molar-refractivity contribution in [2.45, 2.75) is 30.7 Å². The van der Waals surface area contributed by atoms with E-state index < -0.39 is 0 Å². The van der Waals surface area contributed by atoms with E-state index in [0.29, 0.717) is 11.2 Å². The summed E-state index contributed by atoms with van der Waals surface area (Å²) in [5, 5.41) is 6.84. The molecule has 0 saturated carbocycles. The van der Waals surface area contributed by atoms with Crippen molar-refractivity contribution in [2.24, 2.45) is 0 Å². The molecular formula is C20H22N4OS2. The summed E-state index contributed by atoms with van der Waals surface area (Å²) < 4.78 is 4.64. The second kappa shape index (κ2) is 8.39. The number of aromatic nitrogens is 1. The normalized spacial score (nSPS) is 17.1. The molecule has 3 aromatic rings. The molecule has 140 valence electrons. The lowest BCUT2D eigenvalue weighted by atomic mass is 10.1. The molecule has 0 bridgehead atoms. The van der Waals surface area contributed by atoms with Gasteiger partial charge in [-0.3, -0.25) is 9.52 Å². The first kappa shape index (κ1) is 18.4. The first-order valence-corrected chi connectivity index (χ1v) is 10.7. The van der Waals surface area contributed by atoms with Crippen LogP contribution in [0.5, 0.6) is 0 Å². The highest BCUT2D eigenvalue weighted by Gasteiger charge is 2.13. The van der Waals surface area contributed by atoms with E-state index in [1.165, 1.54) is 41.6 Å². The van der Waals surface area contributed by atoms with Crippen molar-refractivity contribution < 1.29 is 4.79 Å². The maximum absolute atomic E-state index is 11.2. The number of amides is 1. The Kier molecular flexibility index (Phi) is 5.73. The second-order valence-corrected chi connectivity index (χ2v) is 8.62. The first-order chi connectivity index (χ1) is 13.2. The molecule has 5 nitrogen and oxygen atoms in total. The summed E-state index contributed by atoms with van der Waals surface area (Å²) in [7, 11) is 0. The lowest BCUT2D eigenvalue weighted by molar-refractivity contribution is -0.114. The van der Waals surface area contributed by atoms with Crippen molar-refractivity contribution in [2.75, 3.05) is 18.4 Å². The van der Waals surface area contributed by atoms with Crippen molar-refractivity contribution in [3.63, 3.8) is 0 Å². The van der Waals surface area contributed by atoms with Crippen molar-refractivity contribution in [1.29, 1.82) is 0 Å². The van der Waals surface area contributed by atoms with Crippen LogP contribution >= 0.6 is 23.3 Å². The molecule has 1 fully saturated rings. The van der Waals surface area contributed by atoms with Gasteiger partial charge in [0.2, 0.25) is 5.91 Å². The lowest BCUT2D eigenvalue weighted by Gasteiger charge is -2.23. The van der Waals surface area contributed by atoms with Crippen LogP contribution in [0.3, 0.4) is 0 Å². The van der Waals surface area contributed by atoms with E-state index in [0.717, 1.165) is 28.9 Å². The van der Waals surface area contributed by atoms with Gasteiger partial charge in [0.25, 0.3) is 0 Å². The SMILES string of the molecule is CC(=O)Nc1nc2ccc(-c3cccc(SNC4CCCNC4)c3)cc2s1. The van der Waals surface area contributed by atoms with Crippen LogP contribution in [0.2, 0.25) is 0 Å². The van der Waals surface area contributed by atoms with Gasteiger partial charge < -0.3 is 10.6 Å². The number of fused-ring (bicyclic) bond motifs is 1. The molecule has 1 atom stereocenters. The van der Waals surface area contributed by atoms with Gasteiger partial charge in [-0.1, -0.05) is 29.5 Å². The molecule has 1 aliphatic heterocycles. The predicted molar refractivity (Wildman–Crippen MR) is 114 cm³/mol. The fourth-order valence-corrected chi connectivity index (χ4v) is 4.94. The molecule has 0 spiro atoms. The minimum Gasteiger partial charge on any atom is -0.315 e. The van der Waals surface area contributed by atoms with E-state index in [4.69, 9.17) is 0 Å². The number of nitrogens with one attached hydrogen (secondary N) is 3. The van der Waals surface area contributed by atoms with Crippen LogP contribution in [-0.4, -0.2) is 30.0 Å². The minimum atomic E-state index is -0.0975. The summed E-state index contributed by atoms with van der Waals surface area (Å²) in [4.78, 5) is 16.9. The number of thiazole rings is 1. The molecule has 7 heteroatoms. The average molecular weight is 399 g/mol. The van der Waals surface area contributed by atoms with E-state index in [1.54, 1.807) is 11.9 Å². The third kappa shape index (κ3) is 4.68. The Balaban J connectivity index is 1.51. The summed E-state index contributed by atoms with van der Waals surface area (Å²) in [5.41, 5.74) is 3.24. The highest BCUT2D eigenvalue weighted by atomic mass is 32.2. The van der Waals surface area contributed by atoms with E-state index in [9.17, 15) is 4.79 Å². The molecular weight excluding hydrogens is 376 g/mol. The number of nitrogens with zero attached hydrogens (tertiary/aromatic N) is 1. The fraction of sp³-hybridized carbons (Fsp3) is 0.300. The molecule has 0 aliphatic carbocycles. The summed E-state index contributed by atoms with van der Waals surface area (Å²) in [5.74, 6) is -0.0975. The number of anilines is 1. The molecule has 1 aliphatic rings. The Labute approximate surface area is 167 Å². The van der Waals surface area contributed by atoms with Gasteiger partial charge in [0.15, 0.2) is 5.13 Å². The number of carbonyl (C=O) groups excluding carboxylic acids is 1. The van der Waals surface area contributed by atoms with Crippen LogP contribution in [0.1, 0.15) is 19.8 Å². The standard InChI is InChI=1S/C20H22N4OS2/c1-13(25)22-20-23-18-8-7-15(11-19(18)26-20)14-4-2-6-17(10-14)27-24-16-5-3-9-21-12-16/h2,4,6-8,10-11,16,21,24H,3,5,9,12H2,1H3,(H,22,23,25). The largest absolute Gasteiger partial charge is 0.315 e. The van der Waals surface area contributed by atoms with Crippen molar-refractivity contribution in [3.05, 3.63) is 42.5 Å². The van der Waals surface area contributed by atoms with Crippen molar-refractivity contribution in [3.8, 4) is 11.1 Å². The highest BCUT2D eigenvalue weighted by molar-refractivity contribution is 7.97. The number of hydrogen-bond donors (Lipinski definition) is 3. The van der Waals surface area contributed by atoms with Gasteiger partial charge in [-0.15, -0.1) is 0 Å². The smallest absolute Gasteiger partial charge is 0.223 e. The number of benzene rings is 2. The quantitative estimate of drug-likeness (QED) is 0.560. The topological polar surface area (TPSA) is 66.0 Å². The van der Waals surface area contributed by atoms with Gasteiger partial charge in [0, 0.05) is 24.4 Å². The molecule has 1 unspecified atom stereocenters. The summed E-state index contributed by atoms with van der Waals surface area (Å²) in [6.45, 7) is 3.66. The molecule has 3 N–H and O–H groups in total. The van der Waals surface area contributed by atoms with E-state index in [2.05, 4.69) is 56.7 Å². The zero-order chi connectivity index (χ0) is 18.6. The molecule has 2 heterocycles. The first-order valence-electron chi connectivity index (χ1n) is 9.09. The highest BCUT2D eigenvalue weighted by Crippen LogP contribution is 2.32. The Morgan fingerprint density at radius 2 is 2.15 bits per heavy atom. The van der Waals surface area contributed by atoms with Gasteiger partial charge in [-0.25, -0.2) is 4.98 Å². The Morgan fingerprint density at radius 3 is 2.96 bits per heavy atom. The fourth-order valence-electron chi connectivity index (χ4n) is 3.15. The van der Waals surface area contributed by atoms with Crippen LogP contribution in [0.15, 0.2) is 47.4 Å². The van der Waals surface area contributed by atoms with Gasteiger partial charge in [-0.05, 0) is 66.7 Å². The third-order valence-electron chi connectivity index (χ3n) is 4.48. The van der Waals surface area contributed by atoms with Gasteiger partial charge in [0.05, 0.1) is 10.2 Å². The zero-order valence-corrected chi connectivity index (χ0v) is 16.8. The molecule has 4 rings (SSSR count). The number of carbonyl (C=O) groups is 1. The lowest BCUT2D eigenvalue weighted by Crippen LogP contribution is -2.40. The zero-order valence-electron chi connectivity index (χ0n) is 15.1. The van der Waals surface area contributed by atoms with Crippen LogP contribution in [0.4, 0.5) is 5.13 Å². The monoisotopic (exact) mass is 398 g/mol. The summed E-state index contributed by atoms with van der Waals surface area (Å²) >= 11 is 3.20. The number of piperidine rings is 1. The molecule has 27 heavy (non-hydrogen) atoms. The molecule has 1 aromatic heterocycles. The van der Waals surface area contributed by atoms with Gasteiger partial charge in [0.1, 0.15) is 0 Å². The van der Waals surface area contributed by atoms with E-state index in [1.807, 2.05) is 6.07 Å². The Hall–Kier alpha value is -1.93. The number of hydrogen-bond acceptors (Lipinski definition) is 6. The van der Waals surface area contributed by atoms with E-state index >= 15 is 0 Å². The minimum absolute atomic E-state index is 0.0975. The Bertz CT molecular complexity index is 950. The van der Waals surface area contributed by atoms with Gasteiger partial charge in [-0.2, -0.15) is 0 Å². The van der Waals surface area contributed by atoms with Crippen LogP contribution in [0.25, 0.3) is 21.3 Å². The van der Waals surface area contributed by atoms with Crippen molar-refractivity contribution >= 4 is 44.5 Å². The maximum atomic E-state index is 11.2. The predicted octanol–water partition coefficient (Wildman–Crippen LogP) is 4.27. The molecule has 1 saturated heterocycles. The summed E-state index contributed by atoms with van der Waals surface area (Å²) in [6.07, 6.45) is 2.45. The van der Waals surface area contributed by atoms with Crippen LogP contribution in [-0.2, 0) is 4.79 Å². The van der Waals surface area contributed by atoms with Gasteiger partial charge >= 0.3 is 0 Å². The maximum Gasteiger partial charge on any atom is 0.223 e. The third-order valence-corrected chi connectivity index (χ3v) is 6.35.